The predicted molar refractivity (Wildman–Crippen MR) is 98.3 cm³/mol. The lowest BCUT2D eigenvalue weighted by molar-refractivity contribution is 0.581. The van der Waals surface area contributed by atoms with Crippen LogP contribution in [0.3, 0.4) is 0 Å². The standard InChI is InChI=1S/C19H20N6/c1-20-17-10-11-21-19(25-17)24-16-9-5-8-15-14(16)12-22-18(23-15)13-6-3-2-4-7-13/h2-4,6-7,10-12,16H,5,8-9H2,1H3,(H2,20,21,24,25). The van der Waals surface area contributed by atoms with Crippen molar-refractivity contribution in [3.63, 3.8) is 0 Å². The van der Waals surface area contributed by atoms with Crippen LogP contribution in [-0.2, 0) is 6.42 Å². The third-order valence-corrected chi connectivity index (χ3v) is 4.43. The molecular weight excluding hydrogens is 312 g/mol. The normalized spacial score (nSPS) is 16.1. The fraction of sp³-hybridized carbons (Fsp3) is 0.263. The van der Waals surface area contributed by atoms with Crippen LogP contribution in [0.5, 0.6) is 0 Å². The largest absolute Gasteiger partial charge is 0.373 e. The maximum atomic E-state index is 4.80. The van der Waals surface area contributed by atoms with Crippen molar-refractivity contribution in [3.8, 4) is 11.4 Å². The molecule has 126 valence electrons. The van der Waals surface area contributed by atoms with Crippen molar-refractivity contribution >= 4 is 11.8 Å². The van der Waals surface area contributed by atoms with Gasteiger partial charge in [0.15, 0.2) is 5.82 Å². The van der Waals surface area contributed by atoms with Gasteiger partial charge >= 0.3 is 0 Å². The average molecular weight is 332 g/mol. The van der Waals surface area contributed by atoms with Gasteiger partial charge in [-0.15, -0.1) is 0 Å². The molecule has 0 bridgehead atoms. The molecule has 1 unspecified atom stereocenters. The van der Waals surface area contributed by atoms with E-state index in [-0.39, 0.29) is 6.04 Å². The van der Waals surface area contributed by atoms with Crippen molar-refractivity contribution in [2.24, 2.45) is 0 Å². The second kappa shape index (κ2) is 6.84. The van der Waals surface area contributed by atoms with E-state index in [0.717, 1.165) is 47.7 Å². The first-order valence-corrected chi connectivity index (χ1v) is 8.52. The lowest BCUT2D eigenvalue weighted by Crippen LogP contribution is -2.20. The quantitative estimate of drug-likeness (QED) is 0.762. The smallest absolute Gasteiger partial charge is 0.225 e. The number of rotatable bonds is 4. The van der Waals surface area contributed by atoms with Gasteiger partial charge in [0.05, 0.1) is 6.04 Å². The molecule has 0 spiro atoms. The first kappa shape index (κ1) is 15.5. The van der Waals surface area contributed by atoms with Crippen LogP contribution in [-0.4, -0.2) is 27.0 Å². The number of hydrogen-bond donors (Lipinski definition) is 2. The van der Waals surface area contributed by atoms with E-state index < -0.39 is 0 Å². The molecule has 3 aromatic rings. The van der Waals surface area contributed by atoms with Gasteiger partial charge < -0.3 is 10.6 Å². The Balaban J connectivity index is 1.61. The Morgan fingerprint density at radius 2 is 1.92 bits per heavy atom. The number of fused-ring (bicyclic) bond motifs is 1. The maximum Gasteiger partial charge on any atom is 0.225 e. The molecule has 25 heavy (non-hydrogen) atoms. The van der Waals surface area contributed by atoms with E-state index in [1.165, 1.54) is 0 Å². The van der Waals surface area contributed by atoms with E-state index in [9.17, 15) is 0 Å². The van der Waals surface area contributed by atoms with Crippen molar-refractivity contribution in [2.75, 3.05) is 17.7 Å². The van der Waals surface area contributed by atoms with E-state index in [0.29, 0.717) is 5.95 Å². The number of nitrogens with zero attached hydrogens (tertiary/aromatic N) is 4. The molecule has 2 N–H and O–H groups in total. The number of nitrogens with one attached hydrogen (secondary N) is 2. The van der Waals surface area contributed by atoms with Gasteiger partial charge in [0.1, 0.15) is 5.82 Å². The van der Waals surface area contributed by atoms with Gasteiger partial charge in [-0.1, -0.05) is 30.3 Å². The van der Waals surface area contributed by atoms with Crippen LogP contribution in [0.4, 0.5) is 11.8 Å². The molecule has 6 heteroatoms. The zero-order valence-electron chi connectivity index (χ0n) is 14.1. The number of hydrogen-bond acceptors (Lipinski definition) is 6. The van der Waals surface area contributed by atoms with Crippen molar-refractivity contribution in [2.45, 2.75) is 25.3 Å². The lowest BCUT2D eigenvalue weighted by Gasteiger charge is -2.25. The average Bonchev–Trinajstić information content (AvgIpc) is 2.69. The van der Waals surface area contributed by atoms with Crippen molar-refractivity contribution in [1.29, 1.82) is 0 Å². The summed E-state index contributed by atoms with van der Waals surface area (Å²) < 4.78 is 0. The fourth-order valence-corrected chi connectivity index (χ4v) is 3.15. The highest BCUT2D eigenvalue weighted by Gasteiger charge is 2.23. The molecule has 0 radical (unpaired) electrons. The van der Waals surface area contributed by atoms with Gasteiger partial charge in [-0.05, 0) is 25.3 Å². The van der Waals surface area contributed by atoms with Crippen LogP contribution in [0.25, 0.3) is 11.4 Å². The Labute approximate surface area is 146 Å². The fourth-order valence-electron chi connectivity index (χ4n) is 3.15. The van der Waals surface area contributed by atoms with Gasteiger partial charge in [-0.25, -0.2) is 15.0 Å². The molecule has 0 amide bonds. The predicted octanol–water partition coefficient (Wildman–Crippen LogP) is 3.46. The summed E-state index contributed by atoms with van der Waals surface area (Å²) in [6.07, 6.45) is 6.78. The number of aryl methyl sites for hydroxylation is 1. The zero-order valence-corrected chi connectivity index (χ0v) is 14.1. The molecule has 0 fully saturated rings. The van der Waals surface area contributed by atoms with E-state index in [1.807, 2.05) is 49.6 Å². The van der Waals surface area contributed by atoms with Crippen LogP contribution in [0.2, 0.25) is 0 Å². The van der Waals surface area contributed by atoms with E-state index in [1.54, 1.807) is 6.20 Å². The van der Waals surface area contributed by atoms with Crippen LogP contribution in [0.1, 0.15) is 30.1 Å². The minimum atomic E-state index is 0.140. The van der Waals surface area contributed by atoms with Gasteiger partial charge in [0, 0.05) is 36.3 Å². The lowest BCUT2D eigenvalue weighted by atomic mass is 9.92. The highest BCUT2D eigenvalue weighted by molar-refractivity contribution is 5.55. The van der Waals surface area contributed by atoms with Crippen LogP contribution >= 0.6 is 0 Å². The zero-order chi connectivity index (χ0) is 17.1. The Hall–Kier alpha value is -3.02. The molecule has 1 atom stereocenters. The molecular formula is C19H20N6. The van der Waals surface area contributed by atoms with Gasteiger partial charge in [-0.3, -0.25) is 0 Å². The third-order valence-electron chi connectivity index (χ3n) is 4.43. The summed E-state index contributed by atoms with van der Waals surface area (Å²) >= 11 is 0. The summed E-state index contributed by atoms with van der Waals surface area (Å²) in [6.45, 7) is 0. The van der Waals surface area contributed by atoms with Crippen LogP contribution in [0, 0.1) is 0 Å². The first-order chi connectivity index (χ1) is 12.3. The molecule has 2 aromatic heterocycles. The molecule has 1 aliphatic rings. The topological polar surface area (TPSA) is 75.6 Å². The molecule has 4 rings (SSSR count). The van der Waals surface area contributed by atoms with Gasteiger partial charge in [0.2, 0.25) is 5.95 Å². The Morgan fingerprint density at radius 3 is 2.76 bits per heavy atom. The summed E-state index contributed by atoms with van der Waals surface area (Å²) in [4.78, 5) is 18.2. The van der Waals surface area contributed by atoms with Crippen molar-refractivity contribution < 1.29 is 0 Å². The SMILES string of the molecule is CNc1ccnc(NC2CCCc3nc(-c4ccccc4)ncc32)n1. The summed E-state index contributed by atoms with van der Waals surface area (Å²) in [5.74, 6) is 2.20. The minimum Gasteiger partial charge on any atom is -0.373 e. The minimum absolute atomic E-state index is 0.140. The van der Waals surface area contributed by atoms with E-state index in [4.69, 9.17) is 4.98 Å². The second-order valence-corrected chi connectivity index (χ2v) is 6.07. The highest BCUT2D eigenvalue weighted by atomic mass is 15.1. The Bertz CT molecular complexity index is 865. The summed E-state index contributed by atoms with van der Waals surface area (Å²) in [6, 6.07) is 12.1. The van der Waals surface area contributed by atoms with E-state index in [2.05, 4.69) is 25.6 Å². The summed E-state index contributed by atoms with van der Waals surface area (Å²) in [5.41, 5.74) is 3.30. The first-order valence-electron chi connectivity index (χ1n) is 8.52. The monoisotopic (exact) mass is 332 g/mol. The molecule has 0 saturated heterocycles. The Morgan fingerprint density at radius 1 is 1.04 bits per heavy atom. The molecule has 2 heterocycles. The molecule has 1 aliphatic carbocycles. The number of aromatic nitrogens is 4. The summed E-state index contributed by atoms with van der Waals surface area (Å²) in [7, 11) is 1.85. The molecule has 6 nitrogen and oxygen atoms in total. The highest BCUT2D eigenvalue weighted by Crippen LogP contribution is 2.31. The summed E-state index contributed by atoms with van der Waals surface area (Å²) in [5, 5.41) is 6.46. The molecule has 0 saturated carbocycles. The molecule has 0 aliphatic heterocycles. The van der Waals surface area contributed by atoms with Gasteiger partial charge in [-0.2, -0.15) is 4.98 Å². The third kappa shape index (κ3) is 3.28. The van der Waals surface area contributed by atoms with Gasteiger partial charge in [0.25, 0.3) is 0 Å². The molecule has 1 aromatic carbocycles. The van der Waals surface area contributed by atoms with Crippen LogP contribution < -0.4 is 10.6 Å². The number of anilines is 2. The number of benzene rings is 1. The maximum absolute atomic E-state index is 4.80. The second-order valence-electron chi connectivity index (χ2n) is 6.07. The van der Waals surface area contributed by atoms with Crippen molar-refractivity contribution in [3.05, 3.63) is 60.0 Å². The van der Waals surface area contributed by atoms with Crippen molar-refractivity contribution in [1.82, 2.24) is 19.9 Å². The Kier molecular flexibility index (Phi) is 4.24. The van der Waals surface area contributed by atoms with Crippen LogP contribution in [0.15, 0.2) is 48.8 Å². The van der Waals surface area contributed by atoms with E-state index >= 15 is 0 Å².